The van der Waals surface area contributed by atoms with Crippen LogP contribution in [0.4, 0.5) is 11.4 Å². The van der Waals surface area contributed by atoms with E-state index in [1.807, 2.05) is 32.0 Å². The Morgan fingerprint density at radius 3 is 2.14 bits per heavy atom. The van der Waals surface area contributed by atoms with Crippen LogP contribution in [-0.4, -0.2) is 21.4 Å². The van der Waals surface area contributed by atoms with Crippen molar-refractivity contribution in [1.29, 1.82) is 0 Å². The van der Waals surface area contributed by atoms with Crippen LogP contribution in [0.25, 0.3) is 0 Å². The Morgan fingerprint density at radius 1 is 0.862 bits per heavy atom. The lowest BCUT2D eigenvalue weighted by molar-refractivity contribution is 0.102. The first-order valence-corrected chi connectivity index (χ1v) is 10.4. The molecule has 1 amide bonds. The fourth-order valence-electron chi connectivity index (χ4n) is 2.94. The van der Waals surface area contributed by atoms with Crippen molar-refractivity contribution < 1.29 is 17.9 Å². The van der Waals surface area contributed by atoms with Crippen LogP contribution in [0.2, 0.25) is 0 Å². The maximum absolute atomic E-state index is 12.6. The van der Waals surface area contributed by atoms with E-state index in [-0.39, 0.29) is 10.8 Å². The molecule has 0 aliphatic rings. The van der Waals surface area contributed by atoms with Crippen molar-refractivity contribution in [2.45, 2.75) is 18.7 Å². The first kappa shape index (κ1) is 20.4. The van der Waals surface area contributed by atoms with E-state index in [1.165, 1.54) is 25.3 Å². The lowest BCUT2D eigenvalue weighted by Gasteiger charge is -2.11. The first-order chi connectivity index (χ1) is 13.8. The molecule has 150 valence electrons. The van der Waals surface area contributed by atoms with Crippen LogP contribution in [0.1, 0.15) is 21.5 Å². The summed E-state index contributed by atoms with van der Waals surface area (Å²) in [5.41, 5.74) is 3.42. The van der Waals surface area contributed by atoms with Crippen molar-refractivity contribution >= 4 is 27.3 Å². The van der Waals surface area contributed by atoms with E-state index in [0.29, 0.717) is 22.7 Å². The van der Waals surface area contributed by atoms with E-state index in [0.717, 1.165) is 11.1 Å². The normalized spacial score (nSPS) is 11.0. The molecule has 3 aromatic rings. The maximum Gasteiger partial charge on any atom is 0.261 e. The highest BCUT2D eigenvalue weighted by Gasteiger charge is 2.15. The van der Waals surface area contributed by atoms with Crippen molar-refractivity contribution in [3.05, 3.63) is 83.4 Å². The van der Waals surface area contributed by atoms with Gasteiger partial charge in [0.2, 0.25) is 0 Å². The average Bonchev–Trinajstić information content (AvgIpc) is 2.67. The third-order valence-electron chi connectivity index (χ3n) is 4.23. The molecule has 0 aromatic heterocycles. The van der Waals surface area contributed by atoms with E-state index >= 15 is 0 Å². The van der Waals surface area contributed by atoms with Gasteiger partial charge in [-0.1, -0.05) is 12.1 Å². The summed E-state index contributed by atoms with van der Waals surface area (Å²) in [5, 5.41) is 2.84. The Labute approximate surface area is 170 Å². The first-order valence-electron chi connectivity index (χ1n) is 8.93. The average molecular weight is 410 g/mol. The molecule has 0 spiro atoms. The van der Waals surface area contributed by atoms with E-state index in [9.17, 15) is 13.2 Å². The van der Waals surface area contributed by atoms with Crippen LogP contribution in [0.5, 0.6) is 5.75 Å². The summed E-state index contributed by atoms with van der Waals surface area (Å²) < 4.78 is 32.7. The van der Waals surface area contributed by atoms with E-state index in [4.69, 9.17) is 4.74 Å². The largest absolute Gasteiger partial charge is 0.497 e. The molecule has 7 heteroatoms. The van der Waals surface area contributed by atoms with Gasteiger partial charge in [-0.25, -0.2) is 8.42 Å². The van der Waals surface area contributed by atoms with Gasteiger partial charge < -0.3 is 10.1 Å². The zero-order valence-electron chi connectivity index (χ0n) is 16.4. The number of anilines is 2. The lowest BCUT2D eigenvalue weighted by atomic mass is 10.1. The highest BCUT2D eigenvalue weighted by Crippen LogP contribution is 2.21. The Hall–Kier alpha value is -3.32. The van der Waals surface area contributed by atoms with Crippen LogP contribution in [-0.2, 0) is 10.0 Å². The minimum atomic E-state index is -3.79. The maximum atomic E-state index is 12.6. The van der Waals surface area contributed by atoms with Crippen molar-refractivity contribution in [3.8, 4) is 5.75 Å². The van der Waals surface area contributed by atoms with Crippen LogP contribution in [0.3, 0.4) is 0 Å². The number of carbonyl (C=O) groups excluding carboxylic acids is 1. The molecule has 3 rings (SSSR count). The molecular weight excluding hydrogens is 388 g/mol. The topological polar surface area (TPSA) is 84.5 Å². The number of amides is 1. The second-order valence-electron chi connectivity index (χ2n) is 6.69. The van der Waals surface area contributed by atoms with Crippen molar-refractivity contribution in [1.82, 2.24) is 0 Å². The molecule has 0 aliphatic carbocycles. The highest BCUT2D eigenvalue weighted by molar-refractivity contribution is 7.92. The summed E-state index contributed by atoms with van der Waals surface area (Å²) in [4.78, 5) is 12.7. The summed E-state index contributed by atoms with van der Waals surface area (Å²) in [6.07, 6.45) is 0. The molecule has 0 saturated carbocycles. The van der Waals surface area contributed by atoms with Gasteiger partial charge in [0.05, 0.1) is 12.0 Å². The van der Waals surface area contributed by atoms with Gasteiger partial charge in [0.15, 0.2) is 0 Å². The number of nitrogens with one attached hydrogen (secondary N) is 2. The summed E-state index contributed by atoms with van der Waals surface area (Å²) >= 11 is 0. The Morgan fingerprint density at radius 2 is 1.52 bits per heavy atom. The van der Waals surface area contributed by atoms with Crippen molar-refractivity contribution in [2.75, 3.05) is 17.1 Å². The molecule has 0 fully saturated rings. The molecule has 0 atom stereocenters. The number of benzene rings is 3. The Balaban J connectivity index is 1.78. The summed E-state index contributed by atoms with van der Waals surface area (Å²) in [7, 11) is -2.28. The minimum absolute atomic E-state index is 0.100. The predicted octanol–water partition coefficient (Wildman–Crippen LogP) is 4.37. The zero-order chi connectivity index (χ0) is 21.0. The third kappa shape index (κ3) is 5.14. The van der Waals surface area contributed by atoms with Gasteiger partial charge in [-0.3, -0.25) is 9.52 Å². The predicted molar refractivity (Wildman–Crippen MR) is 114 cm³/mol. The molecule has 0 unspecified atom stereocenters. The molecule has 0 bridgehead atoms. The van der Waals surface area contributed by atoms with Crippen molar-refractivity contribution in [2.24, 2.45) is 0 Å². The summed E-state index contributed by atoms with van der Waals surface area (Å²) in [6, 6.07) is 18.2. The van der Waals surface area contributed by atoms with Crippen LogP contribution in [0.15, 0.2) is 71.6 Å². The van der Waals surface area contributed by atoms with Gasteiger partial charge in [0.1, 0.15) is 5.75 Å². The zero-order valence-corrected chi connectivity index (χ0v) is 17.2. The van der Waals surface area contributed by atoms with Gasteiger partial charge in [-0.05, 0) is 79.6 Å². The molecule has 0 aliphatic heterocycles. The number of ether oxygens (including phenoxy) is 1. The highest BCUT2D eigenvalue weighted by atomic mass is 32.2. The fourth-order valence-corrected chi connectivity index (χ4v) is 3.99. The van der Waals surface area contributed by atoms with E-state index in [2.05, 4.69) is 10.0 Å². The second kappa shape index (κ2) is 8.36. The van der Waals surface area contributed by atoms with Crippen LogP contribution in [0, 0.1) is 13.8 Å². The SMILES string of the molecule is COc1ccc(S(=O)(=O)Nc2cccc(C(=O)Nc3cc(C)cc(C)c3)c2)cc1. The fraction of sp³-hybridized carbons (Fsp3) is 0.136. The van der Waals surface area contributed by atoms with E-state index < -0.39 is 10.0 Å². The molecule has 3 aromatic carbocycles. The lowest BCUT2D eigenvalue weighted by Crippen LogP contribution is -2.15. The number of carbonyl (C=O) groups is 1. The molecule has 0 heterocycles. The quantitative estimate of drug-likeness (QED) is 0.632. The minimum Gasteiger partial charge on any atom is -0.497 e. The van der Waals surface area contributed by atoms with Gasteiger partial charge in [0.25, 0.3) is 15.9 Å². The molecule has 0 radical (unpaired) electrons. The molecular formula is C22H22N2O4S. The molecule has 6 nitrogen and oxygen atoms in total. The third-order valence-corrected chi connectivity index (χ3v) is 5.62. The summed E-state index contributed by atoms with van der Waals surface area (Å²) in [6.45, 7) is 3.91. The Kier molecular flexibility index (Phi) is 5.89. The number of hydrogen-bond donors (Lipinski definition) is 2. The monoisotopic (exact) mass is 410 g/mol. The smallest absolute Gasteiger partial charge is 0.261 e. The van der Waals surface area contributed by atoms with Crippen LogP contribution < -0.4 is 14.8 Å². The van der Waals surface area contributed by atoms with Crippen molar-refractivity contribution in [3.63, 3.8) is 0 Å². The van der Waals surface area contributed by atoms with Gasteiger partial charge in [-0.15, -0.1) is 0 Å². The number of hydrogen-bond acceptors (Lipinski definition) is 4. The van der Waals surface area contributed by atoms with Gasteiger partial charge in [0, 0.05) is 16.9 Å². The number of methoxy groups -OCH3 is 1. The summed E-state index contributed by atoms with van der Waals surface area (Å²) in [5.74, 6) is 0.245. The molecule has 29 heavy (non-hydrogen) atoms. The van der Waals surface area contributed by atoms with Gasteiger partial charge in [-0.2, -0.15) is 0 Å². The number of sulfonamides is 1. The van der Waals surface area contributed by atoms with E-state index in [1.54, 1.807) is 30.3 Å². The number of rotatable bonds is 6. The standard InChI is InChI=1S/C22H22N2O4S/c1-15-11-16(2)13-19(12-15)23-22(25)17-5-4-6-18(14-17)24-29(26,27)21-9-7-20(28-3)8-10-21/h4-14,24H,1-3H3,(H,23,25). The second-order valence-corrected chi connectivity index (χ2v) is 8.37. The molecule has 2 N–H and O–H groups in total. The Bertz CT molecular complexity index is 1120. The molecule has 0 saturated heterocycles. The van der Waals surface area contributed by atoms with Gasteiger partial charge >= 0.3 is 0 Å². The number of aryl methyl sites for hydroxylation is 2. The van der Waals surface area contributed by atoms with Crippen LogP contribution >= 0.6 is 0 Å².